The minimum atomic E-state index is 0.551. The van der Waals surface area contributed by atoms with Crippen molar-refractivity contribution in [2.75, 3.05) is 5.33 Å². The van der Waals surface area contributed by atoms with Crippen LogP contribution >= 0.6 is 43.5 Å². The predicted octanol–water partition coefficient (Wildman–Crippen LogP) is 6.21. The van der Waals surface area contributed by atoms with Gasteiger partial charge in [0.05, 0.1) is 0 Å². The van der Waals surface area contributed by atoms with Crippen molar-refractivity contribution in [1.82, 2.24) is 0 Å². The number of rotatable bonds is 5. The van der Waals surface area contributed by atoms with Gasteiger partial charge in [-0.25, -0.2) is 0 Å². The van der Waals surface area contributed by atoms with Gasteiger partial charge in [0.2, 0.25) is 0 Å². The van der Waals surface area contributed by atoms with Crippen molar-refractivity contribution in [2.45, 2.75) is 19.8 Å². The van der Waals surface area contributed by atoms with Gasteiger partial charge in [-0.1, -0.05) is 73.8 Å². The Morgan fingerprint density at radius 2 is 1.75 bits per heavy atom. The molecule has 1 atom stereocenters. The van der Waals surface area contributed by atoms with Crippen molar-refractivity contribution in [3.63, 3.8) is 0 Å². The molecule has 0 bridgehead atoms. The first-order valence-corrected chi connectivity index (χ1v) is 8.93. The van der Waals surface area contributed by atoms with Crippen molar-refractivity contribution < 1.29 is 0 Å². The molecule has 0 saturated heterocycles. The van der Waals surface area contributed by atoms with Crippen molar-refractivity contribution >= 4 is 43.5 Å². The molecule has 1 unspecified atom stereocenters. The molecule has 0 saturated carbocycles. The zero-order chi connectivity index (χ0) is 14.5. The highest BCUT2D eigenvalue weighted by Gasteiger charge is 2.13. The van der Waals surface area contributed by atoms with E-state index in [9.17, 15) is 0 Å². The lowest BCUT2D eigenvalue weighted by atomic mass is 9.92. The SMILES string of the molecule is Cc1ccccc1CC(CBr)Cc1ccc(Br)cc1Cl. The topological polar surface area (TPSA) is 0 Å². The monoisotopic (exact) mass is 414 g/mol. The molecule has 0 aromatic heterocycles. The number of benzene rings is 2. The second-order valence-electron chi connectivity index (χ2n) is 5.09. The molecule has 2 aromatic rings. The Bertz CT molecular complexity index is 581. The van der Waals surface area contributed by atoms with Gasteiger partial charge >= 0.3 is 0 Å². The fourth-order valence-electron chi connectivity index (χ4n) is 2.33. The van der Waals surface area contributed by atoms with Crippen LogP contribution in [-0.4, -0.2) is 5.33 Å². The average Bonchev–Trinajstić information content (AvgIpc) is 2.43. The second-order valence-corrected chi connectivity index (χ2v) is 7.06. The van der Waals surface area contributed by atoms with Gasteiger partial charge in [0, 0.05) is 14.8 Å². The molecule has 3 heteroatoms. The molecule has 0 heterocycles. The van der Waals surface area contributed by atoms with Crippen LogP contribution in [0.3, 0.4) is 0 Å². The average molecular weight is 417 g/mol. The van der Waals surface area contributed by atoms with Crippen LogP contribution in [0, 0.1) is 12.8 Å². The molecule has 2 aromatic carbocycles. The maximum absolute atomic E-state index is 6.32. The largest absolute Gasteiger partial charge is 0.0925 e. The summed E-state index contributed by atoms with van der Waals surface area (Å²) < 4.78 is 1.03. The van der Waals surface area contributed by atoms with E-state index in [1.165, 1.54) is 16.7 Å². The lowest BCUT2D eigenvalue weighted by Gasteiger charge is -2.16. The summed E-state index contributed by atoms with van der Waals surface area (Å²) in [6.45, 7) is 2.17. The number of halogens is 3. The highest BCUT2D eigenvalue weighted by Crippen LogP contribution is 2.26. The van der Waals surface area contributed by atoms with Crippen LogP contribution in [0.15, 0.2) is 46.9 Å². The molecule has 0 fully saturated rings. The summed E-state index contributed by atoms with van der Waals surface area (Å²) in [6, 6.07) is 14.7. The third-order valence-corrected chi connectivity index (χ3v) is 5.27. The zero-order valence-corrected chi connectivity index (χ0v) is 15.3. The number of alkyl halides is 1. The van der Waals surface area contributed by atoms with Gasteiger partial charge in [0.1, 0.15) is 0 Å². The maximum atomic E-state index is 6.32. The van der Waals surface area contributed by atoms with Crippen molar-refractivity contribution in [1.29, 1.82) is 0 Å². The van der Waals surface area contributed by atoms with E-state index in [-0.39, 0.29) is 0 Å². The number of aryl methyl sites for hydroxylation is 1. The molecule has 0 N–H and O–H groups in total. The molecule has 0 radical (unpaired) electrons. The first kappa shape index (κ1) is 16.1. The number of hydrogen-bond donors (Lipinski definition) is 0. The minimum absolute atomic E-state index is 0.551. The Morgan fingerprint density at radius 3 is 2.40 bits per heavy atom. The first-order valence-electron chi connectivity index (χ1n) is 6.64. The Labute approximate surface area is 142 Å². The van der Waals surface area contributed by atoms with Crippen molar-refractivity contribution in [3.8, 4) is 0 Å². The summed E-state index contributed by atoms with van der Waals surface area (Å²) in [6.07, 6.45) is 2.07. The van der Waals surface area contributed by atoms with Crippen LogP contribution in [0.2, 0.25) is 5.02 Å². The minimum Gasteiger partial charge on any atom is -0.0925 e. The molecule has 2 rings (SSSR count). The van der Waals surface area contributed by atoms with Gasteiger partial charge in [-0.3, -0.25) is 0 Å². The molecule has 0 aliphatic rings. The molecule has 0 amide bonds. The van der Waals surface area contributed by atoms with E-state index in [1.54, 1.807) is 0 Å². The van der Waals surface area contributed by atoms with Gasteiger partial charge in [-0.15, -0.1) is 0 Å². The summed E-state index contributed by atoms with van der Waals surface area (Å²) in [7, 11) is 0. The maximum Gasteiger partial charge on any atom is 0.0449 e. The first-order chi connectivity index (χ1) is 9.60. The van der Waals surface area contributed by atoms with Gasteiger partial charge in [0.25, 0.3) is 0 Å². The normalized spacial score (nSPS) is 12.4. The van der Waals surface area contributed by atoms with E-state index < -0.39 is 0 Å². The van der Waals surface area contributed by atoms with E-state index in [1.807, 2.05) is 6.07 Å². The summed E-state index contributed by atoms with van der Waals surface area (Å²) in [5.41, 5.74) is 4.00. The van der Waals surface area contributed by atoms with Crippen LogP contribution in [0.4, 0.5) is 0 Å². The number of hydrogen-bond acceptors (Lipinski definition) is 0. The highest BCUT2D eigenvalue weighted by atomic mass is 79.9. The molecular weight excluding hydrogens is 399 g/mol. The summed E-state index contributed by atoms with van der Waals surface area (Å²) >= 11 is 13.4. The Kier molecular flexibility index (Phi) is 6.13. The molecule has 0 aliphatic heterocycles. The third kappa shape index (κ3) is 4.34. The van der Waals surface area contributed by atoms with Gasteiger partial charge in [-0.2, -0.15) is 0 Å². The van der Waals surface area contributed by atoms with Crippen LogP contribution in [0.1, 0.15) is 16.7 Å². The quantitative estimate of drug-likeness (QED) is 0.509. The molecule has 20 heavy (non-hydrogen) atoms. The van der Waals surface area contributed by atoms with Crippen LogP contribution < -0.4 is 0 Å². The molecule has 0 aliphatic carbocycles. The Hall–Kier alpha value is -0.310. The molecular formula is C17H17Br2Cl. The van der Waals surface area contributed by atoms with E-state index in [2.05, 4.69) is 75.2 Å². The van der Waals surface area contributed by atoms with Crippen molar-refractivity contribution in [3.05, 3.63) is 68.7 Å². The third-order valence-electron chi connectivity index (χ3n) is 3.51. The molecule has 0 spiro atoms. The predicted molar refractivity (Wildman–Crippen MR) is 95.0 cm³/mol. The lowest BCUT2D eigenvalue weighted by Crippen LogP contribution is -2.11. The van der Waals surface area contributed by atoms with E-state index in [4.69, 9.17) is 11.6 Å². The molecule has 106 valence electrons. The highest BCUT2D eigenvalue weighted by molar-refractivity contribution is 9.10. The zero-order valence-electron chi connectivity index (χ0n) is 11.4. The standard InChI is InChI=1S/C17H17Br2Cl/c1-12-4-2-3-5-14(12)8-13(11-18)9-15-6-7-16(19)10-17(15)20/h2-7,10,13H,8-9,11H2,1H3. The summed E-state index contributed by atoms with van der Waals surface area (Å²) in [5, 5.41) is 1.82. The van der Waals surface area contributed by atoms with Gasteiger partial charge in [-0.05, 0) is 54.5 Å². The fourth-order valence-corrected chi connectivity index (χ4v) is 3.54. The fraction of sp³-hybridized carbons (Fsp3) is 0.294. The van der Waals surface area contributed by atoms with Crippen molar-refractivity contribution in [2.24, 2.45) is 5.92 Å². The summed E-state index contributed by atoms with van der Waals surface area (Å²) in [4.78, 5) is 0. The lowest BCUT2D eigenvalue weighted by molar-refractivity contribution is 0.589. The van der Waals surface area contributed by atoms with Crippen LogP contribution in [-0.2, 0) is 12.8 Å². The second kappa shape index (κ2) is 7.63. The van der Waals surface area contributed by atoms with E-state index >= 15 is 0 Å². The molecule has 0 nitrogen and oxygen atoms in total. The summed E-state index contributed by atoms with van der Waals surface area (Å²) in [5.74, 6) is 0.551. The van der Waals surface area contributed by atoms with Crippen LogP contribution in [0.25, 0.3) is 0 Å². The Morgan fingerprint density at radius 1 is 1.05 bits per heavy atom. The Balaban J connectivity index is 2.11. The van der Waals surface area contributed by atoms with Crippen LogP contribution in [0.5, 0.6) is 0 Å². The van der Waals surface area contributed by atoms with Gasteiger partial charge < -0.3 is 0 Å². The smallest absolute Gasteiger partial charge is 0.0449 e. The van der Waals surface area contributed by atoms with E-state index in [0.29, 0.717) is 5.92 Å². The van der Waals surface area contributed by atoms with Gasteiger partial charge in [0.15, 0.2) is 0 Å². The van der Waals surface area contributed by atoms with E-state index in [0.717, 1.165) is 27.7 Å².